The Morgan fingerprint density at radius 3 is 2.03 bits per heavy atom. The molecule has 0 heterocycles. The quantitative estimate of drug-likeness (QED) is 0.445. The molecule has 2 amide bonds. The summed E-state index contributed by atoms with van der Waals surface area (Å²) in [5.74, 6) is -1.74. The third kappa shape index (κ3) is 8.30. The number of ether oxygens (including phenoxy) is 2. The molecule has 2 aromatic carbocycles. The lowest BCUT2D eigenvalue weighted by atomic mass is 10.0. The predicted octanol–water partition coefficient (Wildman–Crippen LogP) is 2.16. The maximum atomic E-state index is 12.8. The first-order chi connectivity index (χ1) is 14.9. The molecular weight excluding hydrogens is 400 g/mol. The van der Waals surface area contributed by atoms with E-state index in [1.807, 2.05) is 60.7 Å². The molecule has 8 heteroatoms. The second-order valence-corrected chi connectivity index (χ2v) is 6.90. The average Bonchev–Trinajstić information content (AvgIpc) is 2.78. The molecule has 0 bridgehead atoms. The van der Waals surface area contributed by atoms with Crippen LogP contribution in [0, 0.1) is 0 Å². The number of alkyl carbamates (subject to hydrolysis) is 1. The number of carbonyl (C=O) groups excluding carboxylic acids is 4. The van der Waals surface area contributed by atoms with Gasteiger partial charge in [-0.05, 0) is 18.1 Å². The molecule has 0 radical (unpaired) electrons. The molecule has 0 aliphatic carbocycles. The van der Waals surface area contributed by atoms with Gasteiger partial charge in [-0.3, -0.25) is 14.4 Å². The van der Waals surface area contributed by atoms with Gasteiger partial charge in [0.25, 0.3) is 0 Å². The fourth-order valence-corrected chi connectivity index (χ4v) is 2.73. The molecule has 0 saturated carbocycles. The van der Waals surface area contributed by atoms with Gasteiger partial charge in [0, 0.05) is 6.42 Å². The monoisotopic (exact) mass is 426 g/mol. The second-order valence-electron chi connectivity index (χ2n) is 6.90. The number of methoxy groups -OCH3 is 1. The maximum absolute atomic E-state index is 12.8. The second kappa shape index (κ2) is 12.1. The number of ketones is 1. The average molecular weight is 426 g/mol. The molecule has 2 rings (SSSR count). The number of nitrogens with one attached hydrogen (secondary N) is 2. The maximum Gasteiger partial charge on any atom is 0.408 e. The molecule has 0 fully saturated rings. The van der Waals surface area contributed by atoms with E-state index in [0.29, 0.717) is 0 Å². The molecular formula is C23H26N2O6. The van der Waals surface area contributed by atoms with Crippen molar-refractivity contribution in [3.05, 3.63) is 71.8 Å². The first-order valence-corrected chi connectivity index (χ1v) is 9.80. The first-order valence-electron chi connectivity index (χ1n) is 9.80. The Morgan fingerprint density at radius 2 is 1.45 bits per heavy atom. The van der Waals surface area contributed by atoms with E-state index in [2.05, 4.69) is 15.4 Å². The fraction of sp³-hybridized carbons (Fsp3) is 0.304. The summed E-state index contributed by atoms with van der Waals surface area (Å²) in [6.45, 7) is 1.52. The van der Waals surface area contributed by atoms with E-state index in [-0.39, 0.29) is 13.0 Å². The van der Waals surface area contributed by atoms with Crippen molar-refractivity contribution in [1.29, 1.82) is 0 Å². The molecule has 2 aromatic rings. The fourth-order valence-electron chi connectivity index (χ4n) is 2.73. The number of rotatable bonds is 10. The van der Waals surface area contributed by atoms with E-state index in [1.54, 1.807) is 0 Å². The highest BCUT2D eigenvalue weighted by Gasteiger charge is 2.26. The third-order valence-electron chi connectivity index (χ3n) is 4.49. The van der Waals surface area contributed by atoms with E-state index >= 15 is 0 Å². The first kappa shape index (κ1) is 23.6. The standard InChI is InChI=1S/C23H26N2O6/c1-16(20(26)14-21(27)30-2)24-22(28)19(13-17-9-5-3-6-10-17)25-23(29)31-15-18-11-7-4-8-12-18/h3-12,16,19H,13-15H2,1-2H3,(H,24,28)(H,25,29)/t16-,19-/m0/s1. The highest BCUT2D eigenvalue weighted by molar-refractivity contribution is 6.00. The molecule has 8 nitrogen and oxygen atoms in total. The number of amides is 2. The van der Waals surface area contributed by atoms with E-state index in [0.717, 1.165) is 11.1 Å². The van der Waals surface area contributed by atoms with Crippen LogP contribution in [-0.4, -0.2) is 42.9 Å². The van der Waals surface area contributed by atoms with Gasteiger partial charge in [0.1, 0.15) is 19.1 Å². The summed E-state index contributed by atoms with van der Waals surface area (Å²) >= 11 is 0. The summed E-state index contributed by atoms with van der Waals surface area (Å²) in [5.41, 5.74) is 1.63. The van der Waals surface area contributed by atoms with E-state index in [4.69, 9.17) is 4.74 Å². The number of esters is 1. The number of carbonyl (C=O) groups is 4. The van der Waals surface area contributed by atoms with Crippen LogP contribution in [-0.2, 0) is 36.9 Å². The molecule has 0 aromatic heterocycles. The SMILES string of the molecule is COC(=O)CC(=O)[C@H](C)NC(=O)[C@H](Cc1ccccc1)NC(=O)OCc1ccccc1. The number of benzene rings is 2. The molecule has 0 spiro atoms. The summed E-state index contributed by atoms with van der Waals surface area (Å²) in [6, 6.07) is 16.4. The molecule has 2 N–H and O–H groups in total. The number of hydrogen-bond acceptors (Lipinski definition) is 6. The van der Waals surface area contributed by atoms with Crippen LogP contribution in [0.15, 0.2) is 60.7 Å². The van der Waals surface area contributed by atoms with Crippen molar-refractivity contribution in [2.24, 2.45) is 0 Å². The van der Waals surface area contributed by atoms with Gasteiger partial charge in [-0.1, -0.05) is 60.7 Å². The molecule has 0 unspecified atom stereocenters. The van der Waals surface area contributed by atoms with Crippen LogP contribution >= 0.6 is 0 Å². The van der Waals surface area contributed by atoms with Gasteiger partial charge in [-0.15, -0.1) is 0 Å². The summed E-state index contributed by atoms with van der Waals surface area (Å²) in [5, 5.41) is 5.10. The van der Waals surface area contributed by atoms with E-state index in [1.165, 1.54) is 14.0 Å². The highest BCUT2D eigenvalue weighted by Crippen LogP contribution is 2.06. The van der Waals surface area contributed by atoms with Gasteiger partial charge in [0.05, 0.1) is 13.2 Å². The normalized spacial score (nSPS) is 12.2. The van der Waals surface area contributed by atoms with Crippen molar-refractivity contribution in [2.75, 3.05) is 7.11 Å². The van der Waals surface area contributed by atoms with Crippen molar-refractivity contribution >= 4 is 23.8 Å². The molecule has 2 atom stereocenters. The Balaban J connectivity index is 2.01. The van der Waals surface area contributed by atoms with Crippen molar-refractivity contribution in [2.45, 2.75) is 38.5 Å². The minimum absolute atomic E-state index is 0.0559. The largest absolute Gasteiger partial charge is 0.469 e. The van der Waals surface area contributed by atoms with Crippen LogP contribution in [0.2, 0.25) is 0 Å². The van der Waals surface area contributed by atoms with Crippen molar-refractivity contribution < 1.29 is 28.7 Å². The zero-order valence-electron chi connectivity index (χ0n) is 17.5. The molecule has 0 saturated heterocycles. The van der Waals surface area contributed by atoms with Crippen LogP contribution < -0.4 is 10.6 Å². The lowest BCUT2D eigenvalue weighted by Crippen LogP contribution is -2.52. The molecule has 31 heavy (non-hydrogen) atoms. The topological polar surface area (TPSA) is 111 Å². The van der Waals surface area contributed by atoms with E-state index < -0.39 is 42.3 Å². The van der Waals surface area contributed by atoms with Gasteiger partial charge in [0.15, 0.2) is 5.78 Å². The minimum Gasteiger partial charge on any atom is -0.469 e. The van der Waals surface area contributed by atoms with Crippen molar-refractivity contribution in [3.8, 4) is 0 Å². The Bertz CT molecular complexity index is 885. The van der Waals surface area contributed by atoms with Crippen molar-refractivity contribution in [1.82, 2.24) is 10.6 Å². The van der Waals surface area contributed by atoms with Crippen LogP contribution in [0.4, 0.5) is 4.79 Å². The van der Waals surface area contributed by atoms with Crippen LogP contribution in [0.25, 0.3) is 0 Å². The van der Waals surface area contributed by atoms with Gasteiger partial charge in [0.2, 0.25) is 5.91 Å². The molecule has 0 aliphatic heterocycles. The Hall–Kier alpha value is -3.68. The lowest BCUT2D eigenvalue weighted by molar-refractivity contribution is -0.144. The summed E-state index contributed by atoms with van der Waals surface area (Å²) in [7, 11) is 1.18. The van der Waals surface area contributed by atoms with Crippen LogP contribution in [0.3, 0.4) is 0 Å². The van der Waals surface area contributed by atoms with Gasteiger partial charge in [-0.2, -0.15) is 0 Å². The van der Waals surface area contributed by atoms with Crippen molar-refractivity contribution in [3.63, 3.8) is 0 Å². The minimum atomic E-state index is -0.973. The number of hydrogen-bond donors (Lipinski definition) is 2. The van der Waals surface area contributed by atoms with Crippen LogP contribution in [0.5, 0.6) is 0 Å². The predicted molar refractivity (Wildman–Crippen MR) is 113 cm³/mol. The zero-order chi connectivity index (χ0) is 22.6. The molecule has 0 aliphatic rings. The summed E-state index contributed by atoms with van der Waals surface area (Å²) in [4.78, 5) is 48.4. The van der Waals surface area contributed by atoms with Crippen LogP contribution in [0.1, 0.15) is 24.5 Å². The van der Waals surface area contributed by atoms with Gasteiger partial charge < -0.3 is 20.1 Å². The smallest absolute Gasteiger partial charge is 0.408 e. The Kier molecular flexibility index (Phi) is 9.22. The summed E-state index contributed by atoms with van der Waals surface area (Å²) in [6.07, 6.45) is -1.01. The third-order valence-corrected chi connectivity index (χ3v) is 4.49. The zero-order valence-corrected chi connectivity index (χ0v) is 17.5. The summed E-state index contributed by atoms with van der Waals surface area (Å²) < 4.78 is 9.68. The number of Topliss-reactive ketones (excluding diaryl/α,β-unsaturated/α-hetero) is 1. The Morgan fingerprint density at radius 1 is 0.871 bits per heavy atom. The Labute approximate surface area is 180 Å². The lowest BCUT2D eigenvalue weighted by Gasteiger charge is -2.21. The molecule has 164 valence electrons. The van der Waals surface area contributed by atoms with Gasteiger partial charge in [-0.25, -0.2) is 4.79 Å². The van der Waals surface area contributed by atoms with Gasteiger partial charge >= 0.3 is 12.1 Å². The van der Waals surface area contributed by atoms with E-state index in [9.17, 15) is 19.2 Å². The highest BCUT2D eigenvalue weighted by atomic mass is 16.5.